The molecule has 0 aliphatic carbocycles. The Morgan fingerprint density at radius 1 is 0.789 bits per heavy atom. The minimum absolute atomic E-state index is 0.834. The fraction of sp³-hybridized carbons (Fsp3) is 0.235. The van der Waals surface area contributed by atoms with Crippen molar-refractivity contribution >= 4 is 5.71 Å². The van der Waals surface area contributed by atoms with Crippen LogP contribution < -0.4 is 0 Å². The molecule has 2 heteroatoms. The Kier molecular flexibility index (Phi) is 4.73. The summed E-state index contributed by atoms with van der Waals surface area (Å²) in [7, 11) is 0. The minimum atomic E-state index is 0.834. The van der Waals surface area contributed by atoms with Gasteiger partial charge in [0.25, 0.3) is 0 Å². The van der Waals surface area contributed by atoms with Gasteiger partial charge in [-0.3, -0.25) is 5.01 Å². The highest BCUT2D eigenvalue weighted by atomic mass is 15.4. The maximum absolute atomic E-state index is 4.62. The first kappa shape index (κ1) is 13.3. The van der Waals surface area contributed by atoms with E-state index in [0.717, 1.165) is 18.8 Å². The average Bonchev–Trinajstić information content (AvgIpc) is 2.40. The number of nitrogens with zero attached hydrogens (tertiary/aromatic N) is 2. The van der Waals surface area contributed by atoms with Crippen molar-refractivity contribution in [3.63, 3.8) is 0 Å². The maximum Gasteiger partial charge on any atom is 0.0614 e. The van der Waals surface area contributed by atoms with E-state index in [1.54, 1.807) is 0 Å². The summed E-state index contributed by atoms with van der Waals surface area (Å²) in [6, 6.07) is 20.9. The molecule has 0 heterocycles. The molecular weight excluding hydrogens is 232 g/mol. The van der Waals surface area contributed by atoms with Crippen molar-refractivity contribution in [1.29, 1.82) is 0 Å². The molecular formula is C17H20N2. The van der Waals surface area contributed by atoms with Crippen LogP contribution in [0, 0.1) is 0 Å². The quantitative estimate of drug-likeness (QED) is 0.578. The second kappa shape index (κ2) is 6.74. The molecule has 0 N–H and O–H groups in total. The summed E-state index contributed by atoms with van der Waals surface area (Å²) in [4.78, 5) is 0. The van der Waals surface area contributed by atoms with Crippen molar-refractivity contribution in [2.75, 3.05) is 0 Å². The molecule has 0 radical (unpaired) electrons. The molecule has 2 nitrogen and oxygen atoms in total. The smallest absolute Gasteiger partial charge is 0.0614 e. The molecule has 0 aromatic heterocycles. The number of benzene rings is 2. The summed E-state index contributed by atoms with van der Waals surface area (Å²) in [5, 5.41) is 6.73. The van der Waals surface area contributed by atoms with E-state index in [9.17, 15) is 0 Å². The van der Waals surface area contributed by atoms with Crippen LogP contribution in [0.4, 0.5) is 0 Å². The van der Waals surface area contributed by atoms with Gasteiger partial charge in [-0.2, -0.15) is 5.10 Å². The lowest BCUT2D eigenvalue weighted by molar-refractivity contribution is 0.270. The lowest BCUT2D eigenvalue weighted by atomic mass is 10.2. The zero-order valence-electron chi connectivity index (χ0n) is 11.6. The highest BCUT2D eigenvalue weighted by Gasteiger charge is 2.04. The first-order chi connectivity index (χ1) is 9.24. The summed E-state index contributed by atoms with van der Waals surface area (Å²) in [5.41, 5.74) is 3.64. The Morgan fingerprint density at radius 2 is 1.21 bits per heavy atom. The molecule has 0 spiro atoms. The van der Waals surface area contributed by atoms with Crippen LogP contribution in [0.2, 0.25) is 0 Å². The lowest BCUT2D eigenvalue weighted by Crippen LogP contribution is -2.17. The minimum Gasteiger partial charge on any atom is -0.288 e. The molecule has 98 valence electrons. The van der Waals surface area contributed by atoms with E-state index in [2.05, 4.69) is 58.6 Å². The first-order valence-electron chi connectivity index (χ1n) is 6.58. The van der Waals surface area contributed by atoms with E-state index in [4.69, 9.17) is 0 Å². The van der Waals surface area contributed by atoms with Gasteiger partial charge in [0, 0.05) is 5.71 Å². The molecule has 0 saturated heterocycles. The third-order valence-electron chi connectivity index (χ3n) is 2.76. The van der Waals surface area contributed by atoms with Gasteiger partial charge in [-0.25, -0.2) is 0 Å². The summed E-state index contributed by atoms with van der Waals surface area (Å²) in [5.74, 6) is 0. The molecule has 2 aromatic carbocycles. The van der Waals surface area contributed by atoms with Crippen molar-refractivity contribution in [2.45, 2.75) is 26.9 Å². The predicted octanol–water partition coefficient (Wildman–Crippen LogP) is 4.08. The number of rotatable bonds is 5. The van der Waals surface area contributed by atoms with E-state index in [1.165, 1.54) is 11.1 Å². The monoisotopic (exact) mass is 252 g/mol. The molecule has 0 atom stereocenters. The van der Waals surface area contributed by atoms with Crippen LogP contribution >= 0.6 is 0 Å². The highest BCUT2D eigenvalue weighted by molar-refractivity contribution is 5.78. The molecule has 0 fully saturated rings. The van der Waals surface area contributed by atoms with Crippen molar-refractivity contribution < 1.29 is 0 Å². The second-order valence-electron chi connectivity index (χ2n) is 4.84. The van der Waals surface area contributed by atoms with Gasteiger partial charge in [0.2, 0.25) is 0 Å². The van der Waals surface area contributed by atoms with Crippen LogP contribution in [0.1, 0.15) is 25.0 Å². The normalized spacial score (nSPS) is 10.0. The third-order valence-corrected chi connectivity index (χ3v) is 2.76. The number of hydrazone groups is 1. The van der Waals surface area contributed by atoms with E-state index >= 15 is 0 Å². The Balaban J connectivity index is 2.11. The van der Waals surface area contributed by atoms with Crippen molar-refractivity contribution in [1.82, 2.24) is 5.01 Å². The third kappa shape index (κ3) is 4.59. The summed E-state index contributed by atoms with van der Waals surface area (Å²) in [6.45, 7) is 5.73. The zero-order chi connectivity index (χ0) is 13.5. The van der Waals surface area contributed by atoms with Gasteiger partial charge in [0.1, 0.15) is 0 Å². The van der Waals surface area contributed by atoms with Gasteiger partial charge >= 0.3 is 0 Å². The van der Waals surface area contributed by atoms with Crippen LogP contribution in [0.3, 0.4) is 0 Å². The van der Waals surface area contributed by atoms with Gasteiger partial charge in [0.15, 0.2) is 0 Å². The van der Waals surface area contributed by atoms with E-state index < -0.39 is 0 Å². The fourth-order valence-corrected chi connectivity index (χ4v) is 2.00. The predicted molar refractivity (Wildman–Crippen MR) is 80.9 cm³/mol. The Hall–Kier alpha value is -2.09. The van der Waals surface area contributed by atoms with E-state index in [0.29, 0.717) is 0 Å². The zero-order valence-corrected chi connectivity index (χ0v) is 11.6. The standard InChI is InChI=1S/C17H20N2/c1-15(2)18-19(13-16-9-5-3-6-10-16)14-17-11-7-4-8-12-17/h3-12H,13-14H2,1-2H3. The molecule has 0 bridgehead atoms. The lowest BCUT2D eigenvalue weighted by Gasteiger charge is -2.20. The van der Waals surface area contributed by atoms with E-state index in [1.807, 2.05) is 26.0 Å². The van der Waals surface area contributed by atoms with Crippen molar-refractivity contribution in [3.05, 3.63) is 71.8 Å². The van der Waals surface area contributed by atoms with Crippen LogP contribution in [0.5, 0.6) is 0 Å². The molecule has 0 unspecified atom stereocenters. The van der Waals surface area contributed by atoms with E-state index in [-0.39, 0.29) is 0 Å². The molecule has 0 aliphatic heterocycles. The van der Waals surface area contributed by atoms with Crippen molar-refractivity contribution in [3.8, 4) is 0 Å². The van der Waals surface area contributed by atoms with Gasteiger partial charge in [-0.1, -0.05) is 60.7 Å². The van der Waals surface area contributed by atoms with Gasteiger partial charge < -0.3 is 0 Å². The maximum atomic E-state index is 4.62. The Labute approximate surface area is 115 Å². The van der Waals surface area contributed by atoms with Crippen LogP contribution in [0.25, 0.3) is 0 Å². The fourth-order valence-electron chi connectivity index (χ4n) is 2.00. The highest BCUT2D eigenvalue weighted by Crippen LogP contribution is 2.10. The molecule has 0 saturated carbocycles. The second-order valence-corrected chi connectivity index (χ2v) is 4.84. The Morgan fingerprint density at radius 3 is 1.58 bits per heavy atom. The number of hydrogen-bond donors (Lipinski definition) is 0. The van der Waals surface area contributed by atoms with Gasteiger partial charge in [-0.15, -0.1) is 0 Å². The molecule has 2 aromatic rings. The number of hydrogen-bond acceptors (Lipinski definition) is 2. The largest absolute Gasteiger partial charge is 0.288 e. The summed E-state index contributed by atoms with van der Waals surface area (Å²) < 4.78 is 0. The van der Waals surface area contributed by atoms with Crippen LogP contribution in [-0.4, -0.2) is 10.7 Å². The summed E-state index contributed by atoms with van der Waals surface area (Å²) >= 11 is 0. The molecule has 19 heavy (non-hydrogen) atoms. The summed E-state index contributed by atoms with van der Waals surface area (Å²) in [6.07, 6.45) is 0. The first-order valence-corrected chi connectivity index (χ1v) is 6.58. The topological polar surface area (TPSA) is 15.6 Å². The van der Waals surface area contributed by atoms with Crippen LogP contribution in [-0.2, 0) is 13.1 Å². The molecule has 2 rings (SSSR count). The van der Waals surface area contributed by atoms with Crippen molar-refractivity contribution in [2.24, 2.45) is 5.10 Å². The Bertz CT molecular complexity index is 472. The molecule has 0 aliphatic rings. The van der Waals surface area contributed by atoms with Crippen LogP contribution in [0.15, 0.2) is 65.8 Å². The van der Waals surface area contributed by atoms with Gasteiger partial charge in [0.05, 0.1) is 13.1 Å². The SMILES string of the molecule is CC(C)=NN(Cc1ccccc1)Cc1ccccc1. The van der Waals surface area contributed by atoms with Gasteiger partial charge in [-0.05, 0) is 25.0 Å². The molecule has 0 amide bonds. The average molecular weight is 252 g/mol.